The molecular weight excluding hydrogens is 468 g/mol. The number of anilines is 1. The van der Waals surface area contributed by atoms with Gasteiger partial charge in [0.25, 0.3) is 0 Å². The zero-order valence-electron chi connectivity index (χ0n) is 19.9. The first-order chi connectivity index (χ1) is 17.8. The van der Waals surface area contributed by atoms with Crippen LogP contribution in [-0.2, 0) is 6.54 Å². The van der Waals surface area contributed by atoms with Crippen LogP contribution in [0.3, 0.4) is 0 Å². The quantitative estimate of drug-likeness (QED) is 0.314. The summed E-state index contributed by atoms with van der Waals surface area (Å²) in [5.41, 5.74) is 4.49. The molecule has 5 aromatic rings. The molecule has 0 spiro atoms. The van der Waals surface area contributed by atoms with Gasteiger partial charge in [-0.3, -0.25) is 4.90 Å². The van der Waals surface area contributed by atoms with Crippen LogP contribution in [0.15, 0.2) is 97.5 Å². The van der Waals surface area contributed by atoms with Crippen molar-refractivity contribution in [2.75, 3.05) is 31.1 Å². The number of fused-ring (bicyclic) bond motifs is 1. The summed E-state index contributed by atoms with van der Waals surface area (Å²) in [4.78, 5) is 14.2. The van der Waals surface area contributed by atoms with Crippen LogP contribution >= 0.6 is 11.6 Å². The van der Waals surface area contributed by atoms with E-state index in [4.69, 9.17) is 11.6 Å². The van der Waals surface area contributed by atoms with Crippen molar-refractivity contribution in [3.8, 4) is 0 Å². The summed E-state index contributed by atoms with van der Waals surface area (Å²) in [6.07, 6.45) is 3.52. The smallest absolute Gasteiger partial charge is 0.163 e. The Morgan fingerprint density at radius 1 is 0.750 bits per heavy atom. The van der Waals surface area contributed by atoms with E-state index in [1.165, 1.54) is 11.1 Å². The van der Waals surface area contributed by atoms with E-state index in [9.17, 15) is 0 Å². The standard InChI is InChI=1S/C29H27ClN6/c30-26-14-8-7-13-24(26)20-36-29-25(19-33-36)28(31-21-32-29)35-17-15-34(16-18-35)27(22-9-3-1-4-10-22)23-11-5-2-6-12-23/h1-14,19,21,27H,15-18,20H2. The predicted octanol–water partition coefficient (Wildman–Crippen LogP) is 5.44. The largest absolute Gasteiger partial charge is 0.353 e. The van der Waals surface area contributed by atoms with E-state index in [2.05, 4.69) is 85.5 Å². The van der Waals surface area contributed by atoms with Crippen molar-refractivity contribution in [2.24, 2.45) is 0 Å². The van der Waals surface area contributed by atoms with Gasteiger partial charge in [-0.2, -0.15) is 5.10 Å². The first kappa shape index (κ1) is 22.7. The zero-order chi connectivity index (χ0) is 24.3. The first-order valence-corrected chi connectivity index (χ1v) is 12.6. The molecule has 1 aliphatic rings. The number of hydrogen-bond acceptors (Lipinski definition) is 5. The minimum Gasteiger partial charge on any atom is -0.353 e. The number of rotatable bonds is 6. The Hall–Kier alpha value is -3.74. The molecule has 0 aliphatic carbocycles. The van der Waals surface area contributed by atoms with Gasteiger partial charge in [0.2, 0.25) is 0 Å². The fourth-order valence-corrected chi connectivity index (χ4v) is 5.31. The Bertz CT molecular complexity index is 1410. The van der Waals surface area contributed by atoms with Crippen LogP contribution < -0.4 is 4.90 Å². The fourth-order valence-electron chi connectivity index (χ4n) is 5.11. The lowest BCUT2D eigenvalue weighted by Gasteiger charge is -2.40. The Morgan fingerprint density at radius 2 is 1.39 bits per heavy atom. The molecule has 1 fully saturated rings. The average molecular weight is 495 g/mol. The van der Waals surface area contributed by atoms with E-state index in [0.29, 0.717) is 6.54 Å². The van der Waals surface area contributed by atoms with Gasteiger partial charge in [-0.1, -0.05) is 90.5 Å². The van der Waals surface area contributed by atoms with Gasteiger partial charge in [0.1, 0.15) is 12.1 Å². The third-order valence-electron chi connectivity index (χ3n) is 6.90. The summed E-state index contributed by atoms with van der Waals surface area (Å²) in [5.74, 6) is 0.945. The monoisotopic (exact) mass is 494 g/mol. The summed E-state index contributed by atoms with van der Waals surface area (Å²) < 4.78 is 1.90. The van der Waals surface area contributed by atoms with Crippen LogP contribution in [-0.4, -0.2) is 50.8 Å². The summed E-state index contributed by atoms with van der Waals surface area (Å²) in [6, 6.07) is 29.7. The third-order valence-corrected chi connectivity index (χ3v) is 7.27. The zero-order valence-corrected chi connectivity index (χ0v) is 20.7. The van der Waals surface area contributed by atoms with Gasteiger partial charge in [0.05, 0.1) is 24.2 Å². The number of piperazine rings is 1. The second kappa shape index (κ2) is 10.1. The topological polar surface area (TPSA) is 50.1 Å². The highest BCUT2D eigenvalue weighted by molar-refractivity contribution is 6.31. The molecule has 0 bridgehead atoms. The fraction of sp³-hybridized carbons (Fsp3) is 0.207. The molecule has 3 heterocycles. The van der Waals surface area contributed by atoms with E-state index in [-0.39, 0.29) is 6.04 Å². The van der Waals surface area contributed by atoms with E-state index in [0.717, 1.165) is 53.6 Å². The normalized spacial score (nSPS) is 14.6. The number of aromatic nitrogens is 4. The Kier molecular flexibility index (Phi) is 6.36. The summed E-state index contributed by atoms with van der Waals surface area (Å²) in [5, 5.41) is 6.34. The van der Waals surface area contributed by atoms with E-state index in [1.807, 2.05) is 35.1 Å². The average Bonchev–Trinajstić information content (AvgIpc) is 3.35. The molecule has 6 nitrogen and oxygen atoms in total. The number of nitrogens with zero attached hydrogens (tertiary/aromatic N) is 6. The van der Waals surface area contributed by atoms with E-state index < -0.39 is 0 Å². The molecule has 0 unspecified atom stereocenters. The molecule has 1 aliphatic heterocycles. The number of halogens is 1. The van der Waals surface area contributed by atoms with Crippen molar-refractivity contribution in [2.45, 2.75) is 12.6 Å². The minimum atomic E-state index is 0.235. The van der Waals surface area contributed by atoms with Gasteiger partial charge >= 0.3 is 0 Å². The molecule has 0 atom stereocenters. The Balaban J connectivity index is 1.24. The molecule has 180 valence electrons. The number of benzene rings is 3. The molecule has 3 aromatic carbocycles. The lowest BCUT2D eigenvalue weighted by atomic mass is 9.96. The van der Waals surface area contributed by atoms with Gasteiger partial charge in [-0.25, -0.2) is 14.6 Å². The van der Waals surface area contributed by atoms with Crippen LogP contribution in [0.25, 0.3) is 11.0 Å². The SMILES string of the molecule is Clc1ccccc1Cn1ncc2c(N3CCN(C(c4ccccc4)c4ccccc4)CC3)ncnc21. The van der Waals surface area contributed by atoms with Gasteiger partial charge in [-0.05, 0) is 22.8 Å². The molecular formula is C29H27ClN6. The van der Waals surface area contributed by atoms with Crippen molar-refractivity contribution in [1.82, 2.24) is 24.6 Å². The molecule has 0 radical (unpaired) electrons. The third kappa shape index (κ3) is 4.45. The lowest BCUT2D eigenvalue weighted by molar-refractivity contribution is 0.212. The molecule has 1 saturated heterocycles. The molecule has 6 rings (SSSR count). The van der Waals surface area contributed by atoms with E-state index >= 15 is 0 Å². The summed E-state index contributed by atoms with van der Waals surface area (Å²) in [7, 11) is 0. The van der Waals surface area contributed by atoms with Crippen molar-refractivity contribution < 1.29 is 0 Å². The van der Waals surface area contributed by atoms with Gasteiger partial charge < -0.3 is 4.90 Å². The maximum Gasteiger partial charge on any atom is 0.163 e. The van der Waals surface area contributed by atoms with Gasteiger partial charge in [0.15, 0.2) is 5.65 Å². The van der Waals surface area contributed by atoms with Crippen LogP contribution in [0.2, 0.25) is 5.02 Å². The van der Waals surface area contributed by atoms with Crippen molar-refractivity contribution in [3.05, 3.63) is 119 Å². The second-order valence-corrected chi connectivity index (χ2v) is 9.48. The highest BCUT2D eigenvalue weighted by Crippen LogP contribution is 2.31. The van der Waals surface area contributed by atoms with Gasteiger partial charge in [0, 0.05) is 31.2 Å². The van der Waals surface area contributed by atoms with Crippen molar-refractivity contribution in [1.29, 1.82) is 0 Å². The Labute approximate surface area is 215 Å². The van der Waals surface area contributed by atoms with Crippen molar-refractivity contribution >= 4 is 28.5 Å². The summed E-state index contributed by atoms with van der Waals surface area (Å²) >= 11 is 6.39. The van der Waals surface area contributed by atoms with Crippen LogP contribution in [0.4, 0.5) is 5.82 Å². The highest BCUT2D eigenvalue weighted by atomic mass is 35.5. The molecule has 7 heteroatoms. The molecule has 2 aromatic heterocycles. The lowest BCUT2D eigenvalue weighted by Crippen LogP contribution is -2.48. The highest BCUT2D eigenvalue weighted by Gasteiger charge is 2.28. The maximum absolute atomic E-state index is 6.39. The van der Waals surface area contributed by atoms with Gasteiger partial charge in [-0.15, -0.1) is 0 Å². The minimum absolute atomic E-state index is 0.235. The number of hydrogen-bond donors (Lipinski definition) is 0. The summed E-state index contributed by atoms with van der Waals surface area (Å²) in [6.45, 7) is 4.22. The predicted molar refractivity (Wildman–Crippen MR) is 144 cm³/mol. The molecule has 0 amide bonds. The second-order valence-electron chi connectivity index (χ2n) is 9.08. The van der Waals surface area contributed by atoms with Crippen LogP contribution in [0.1, 0.15) is 22.7 Å². The molecule has 0 saturated carbocycles. The van der Waals surface area contributed by atoms with Crippen LogP contribution in [0, 0.1) is 0 Å². The molecule has 0 N–H and O–H groups in total. The maximum atomic E-state index is 6.39. The van der Waals surface area contributed by atoms with Crippen LogP contribution in [0.5, 0.6) is 0 Å². The Morgan fingerprint density at radius 3 is 2.06 bits per heavy atom. The first-order valence-electron chi connectivity index (χ1n) is 12.3. The molecule has 36 heavy (non-hydrogen) atoms. The van der Waals surface area contributed by atoms with E-state index in [1.54, 1.807) is 6.33 Å². The van der Waals surface area contributed by atoms with Crippen molar-refractivity contribution in [3.63, 3.8) is 0 Å².